The molecule has 1 aromatic rings. The van der Waals surface area contributed by atoms with Crippen molar-refractivity contribution >= 4 is 17.7 Å². The highest BCUT2D eigenvalue weighted by atomic mass is 32.2. The third-order valence-electron chi connectivity index (χ3n) is 4.46. The summed E-state index contributed by atoms with van der Waals surface area (Å²) in [6.07, 6.45) is 5.46. The van der Waals surface area contributed by atoms with Gasteiger partial charge in [0.25, 0.3) is 0 Å². The van der Waals surface area contributed by atoms with Gasteiger partial charge in [-0.3, -0.25) is 4.79 Å². The molecule has 0 radical (unpaired) electrons. The van der Waals surface area contributed by atoms with Crippen molar-refractivity contribution < 1.29 is 9.90 Å². The monoisotopic (exact) mass is 306 g/mol. The van der Waals surface area contributed by atoms with E-state index in [0.29, 0.717) is 0 Å². The van der Waals surface area contributed by atoms with Crippen LogP contribution in [0.25, 0.3) is 0 Å². The van der Waals surface area contributed by atoms with Gasteiger partial charge in [-0.2, -0.15) is 11.8 Å². The van der Waals surface area contributed by atoms with Crippen molar-refractivity contribution in [2.45, 2.75) is 57.0 Å². The average molecular weight is 306 g/mol. The molecule has 0 heterocycles. The Morgan fingerprint density at radius 3 is 2.86 bits per heavy atom. The first kappa shape index (κ1) is 16.4. The molecule has 1 aliphatic carbocycles. The second kappa shape index (κ2) is 7.88. The van der Waals surface area contributed by atoms with Gasteiger partial charge in [0, 0.05) is 11.0 Å². The lowest BCUT2D eigenvalue weighted by Crippen LogP contribution is -2.33. The molecule has 0 saturated heterocycles. The van der Waals surface area contributed by atoms with Crippen molar-refractivity contribution in [2.75, 3.05) is 0 Å². The first-order chi connectivity index (χ1) is 10.1. The first-order valence-electron chi connectivity index (χ1n) is 8.00. The van der Waals surface area contributed by atoms with Crippen LogP contribution in [0.3, 0.4) is 0 Å². The molecule has 1 saturated carbocycles. The van der Waals surface area contributed by atoms with Crippen LogP contribution in [0.15, 0.2) is 24.3 Å². The van der Waals surface area contributed by atoms with Crippen molar-refractivity contribution in [1.29, 1.82) is 0 Å². The Bertz CT molecular complexity index is 472. The number of aryl methyl sites for hydroxylation is 1. The van der Waals surface area contributed by atoms with Crippen LogP contribution in [0.4, 0.5) is 0 Å². The zero-order valence-corrected chi connectivity index (χ0v) is 13.9. The predicted octanol–water partition coefficient (Wildman–Crippen LogP) is 4.90. The third-order valence-corrected chi connectivity index (χ3v) is 5.91. The molecule has 2 nitrogen and oxygen atoms in total. The van der Waals surface area contributed by atoms with Crippen LogP contribution in [0.2, 0.25) is 0 Å². The van der Waals surface area contributed by atoms with Crippen LogP contribution in [0.1, 0.15) is 50.2 Å². The number of carboxylic acids is 1. The molecule has 1 N–H and O–H groups in total. The Morgan fingerprint density at radius 1 is 1.38 bits per heavy atom. The van der Waals surface area contributed by atoms with Crippen molar-refractivity contribution in [3.05, 3.63) is 35.4 Å². The summed E-state index contributed by atoms with van der Waals surface area (Å²) in [7, 11) is 0. The molecule has 116 valence electrons. The maximum absolute atomic E-state index is 11.5. The van der Waals surface area contributed by atoms with Gasteiger partial charge in [-0.15, -0.1) is 0 Å². The highest BCUT2D eigenvalue weighted by Gasteiger charge is 2.34. The van der Waals surface area contributed by atoms with Gasteiger partial charge < -0.3 is 5.11 Å². The van der Waals surface area contributed by atoms with Crippen LogP contribution in [-0.2, 0) is 10.5 Å². The number of carbonyl (C=O) groups is 1. The molecule has 1 aromatic carbocycles. The fraction of sp³-hybridized carbons (Fsp3) is 0.611. The van der Waals surface area contributed by atoms with Gasteiger partial charge in [0.05, 0.1) is 5.92 Å². The van der Waals surface area contributed by atoms with Gasteiger partial charge in [-0.25, -0.2) is 0 Å². The zero-order chi connectivity index (χ0) is 15.2. The summed E-state index contributed by atoms with van der Waals surface area (Å²) in [5.74, 6) is 0.884. The highest BCUT2D eigenvalue weighted by Crippen LogP contribution is 2.39. The molecule has 3 atom stereocenters. The second-order valence-corrected chi connectivity index (χ2v) is 7.48. The van der Waals surface area contributed by atoms with Crippen LogP contribution in [-0.4, -0.2) is 16.3 Å². The van der Waals surface area contributed by atoms with Crippen molar-refractivity contribution in [2.24, 2.45) is 11.8 Å². The molecule has 0 aliphatic heterocycles. The van der Waals surface area contributed by atoms with Gasteiger partial charge in [0.15, 0.2) is 0 Å². The molecule has 3 heteroatoms. The molecule has 0 amide bonds. The van der Waals surface area contributed by atoms with Gasteiger partial charge in [0.2, 0.25) is 0 Å². The third kappa shape index (κ3) is 4.77. The minimum absolute atomic E-state index is 0.159. The normalized spacial score (nSPS) is 25.7. The van der Waals surface area contributed by atoms with Crippen LogP contribution >= 0.6 is 11.8 Å². The maximum atomic E-state index is 11.5. The Balaban J connectivity index is 1.97. The van der Waals surface area contributed by atoms with E-state index >= 15 is 0 Å². The van der Waals surface area contributed by atoms with Gasteiger partial charge in [0.1, 0.15) is 0 Å². The summed E-state index contributed by atoms with van der Waals surface area (Å²) >= 11 is 1.84. The largest absolute Gasteiger partial charge is 0.481 e. The average Bonchev–Trinajstić information content (AvgIpc) is 2.45. The molecule has 0 aromatic heterocycles. The van der Waals surface area contributed by atoms with E-state index in [1.165, 1.54) is 24.0 Å². The second-order valence-electron chi connectivity index (χ2n) is 6.25. The molecule has 3 unspecified atom stereocenters. The molecular formula is C18H26O2S. The van der Waals surface area contributed by atoms with Crippen molar-refractivity contribution in [3.63, 3.8) is 0 Å². The van der Waals surface area contributed by atoms with Gasteiger partial charge in [-0.1, -0.05) is 49.6 Å². The number of benzene rings is 1. The molecule has 0 spiro atoms. The number of carboxylic acid groups (broad SMARTS) is 1. The lowest BCUT2D eigenvalue weighted by Gasteiger charge is -2.33. The zero-order valence-electron chi connectivity index (χ0n) is 13.0. The first-order valence-corrected chi connectivity index (χ1v) is 9.05. The summed E-state index contributed by atoms with van der Waals surface area (Å²) in [5, 5.41) is 9.72. The predicted molar refractivity (Wildman–Crippen MR) is 89.6 cm³/mol. The standard InChI is InChI=1S/C18H26O2S/c1-3-5-14-8-9-16(18(19)20)17(11-14)21-12-15-7-4-6-13(2)10-15/h4,6-7,10,14,16-17H,3,5,8-9,11-12H2,1-2H3,(H,19,20). The maximum Gasteiger partial charge on any atom is 0.307 e. The summed E-state index contributed by atoms with van der Waals surface area (Å²) < 4.78 is 0. The van der Waals surface area contributed by atoms with E-state index in [1.54, 1.807) is 0 Å². The summed E-state index contributed by atoms with van der Waals surface area (Å²) in [5.41, 5.74) is 2.58. The summed E-state index contributed by atoms with van der Waals surface area (Å²) in [4.78, 5) is 11.5. The van der Waals surface area contributed by atoms with E-state index in [2.05, 4.69) is 38.1 Å². The number of aliphatic carboxylic acids is 1. The fourth-order valence-electron chi connectivity index (χ4n) is 3.35. The van der Waals surface area contributed by atoms with E-state index < -0.39 is 5.97 Å². The molecular weight excluding hydrogens is 280 g/mol. The number of hydrogen-bond acceptors (Lipinski definition) is 2. The molecule has 1 fully saturated rings. The van der Waals surface area contributed by atoms with Crippen LogP contribution in [0.5, 0.6) is 0 Å². The van der Waals surface area contributed by atoms with E-state index in [1.807, 2.05) is 11.8 Å². The van der Waals surface area contributed by atoms with E-state index in [-0.39, 0.29) is 11.2 Å². The Hall–Kier alpha value is -0.960. The smallest absolute Gasteiger partial charge is 0.307 e. The fourth-order valence-corrected chi connectivity index (χ4v) is 4.83. The highest BCUT2D eigenvalue weighted by molar-refractivity contribution is 7.99. The summed E-state index contributed by atoms with van der Waals surface area (Å²) in [6.45, 7) is 4.32. The SMILES string of the molecule is CCCC1CCC(C(=O)O)C(SCc2cccc(C)c2)C1. The van der Waals surface area contributed by atoms with Gasteiger partial charge in [-0.05, 0) is 37.7 Å². The molecule has 2 rings (SSSR count). The van der Waals surface area contributed by atoms with Crippen molar-refractivity contribution in [3.8, 4) is 0 Å². The lowest BCUT2D eigenvalue weighted by molar-refractivity contribution is -0.142. The Labute approximate surface area is 132 Å². The lowest BCUT2D eigenvalue weighted by atomic mass is 9.80. The number of thioether (sulfide) groups is 1. The topological polar surface area (TPSA) is 37.3 Å². The van der Waals surface area contributed by atoms with E-state index in [0.717, 1.165) is 30.9 Å². The Morgan fingerprint density at radius 2 is 2.19 bits per heavy atom. The van der Waals surface area contributed by atoms with Gasteiger partial charge >= 0.3 is 5.97 Å². The quantitative estimate of drug-likeness (QED) is 0.812. The molecule has 21 heavy (non-hydrogen) atoms. The minimum Gasteiger partial charge on any atom is -0.481 e. The van der Waals surface area contributed by atoms with Crippen LogP contribution < -0.4 is 0 Å². The molecule has 0 bridgehead atoms. The Kier molecular flexibility index (Phi) is 6.16. The van der Waals surface area contributed by atoms with E-state index in [9.17, 15) is 9.90 Å². The number of hydrogen-bond donors (Lipinski definition) is 1. The minimum atomic E-state index is -0.605. The molecule has 1 aliphatic rings. The number of rotatable bonds is 6. The summed E-state index contributed by atoms with van der Waals surface area (Å²) in [6, 6.07) is 8.53. The van der Waals surface area contributed by atoms with E-state index in [4.69, 9.17) is 0 Å². The van der Waals surface area contributed by atoms with Crippen LogP contribution in [0, 0.1) is 18.8 Å². The van der Waals surface area contributed by atoms with Crippen molar-refractivity contribution in [1.82, 2.24) is 0 Å².